The zero-order chi connectivity index (χ0) is 15.9. The molecule has 2 aliphatic heterocycles. The maximum Gasteiger partial charge on any atom is 0.243 e. The molecule has 2 fully saturated rings. The van der Waals surface area contributed by atoms with Crippen LogP contribution in [0.15, 0.2) is 23.1 Å². The van der Waals surface area contributed by atoms with E-state index < -0.39 is 15.8 Å². The highest BCUT2D eigenvalue weighted by Crippen LogP contribution is 2.29. The first-order valence-corrected chi connectivity index (χ1v) is 8.92. The molecule has 122 valence electrons. The summed E-state index contributed by atoms with van der Waals surface area (Å²) in [5.41, 5.74) is 0.564. The fourth-order valence-corrected chi connectivity index (χ4v) is 5.14. The SMILES string of the molecule is Cc1ccc(F)cc1S(=O)(=O)N1CCO[C@@H]2CCN(C)C[C@H]21. The highest BCUT2D eigenvalue weighted by atomic mass is 32.2. The summed E-state index contributed by atoms with van der Waals surface area (Å²) >= 11 is 0. The number of benzene rings is 1. The molecule has 1 aromatic rings. The normalized spacial score (nSPS) is 27.6. The van der Waals surface area contributed by atoms with Crippen LogP contribution in [-0.2, 0) is 14.8 Å². The molecule has 2 heterocycles. The zero-order valence-electron chi connectivity index (χ0n) is 12.8. The molecule has 22 heavy (non-hydrogen) atoms. The van der Waals surface area contributed by atoms with Gasteiger partial charge in [-0.25, -0.2) is 12.8 Å². The van der Waals surface area contributed by atoms with E-state index in [1.54, 1.807) is 6.92 Å². The Morgan fingerprint density at radius 3 is 2.86 bits per heavy atom. The molecule has 7 heteroatoms. The maximum absolute atomic E-state index is 13.5. The van der Waals surface area contributed by atoms with E-state index in [2.05, 4.69) is 4.90 Å². The third-order valence-electron chi connectivity index (χ3n) is 4.47. The Morgan fingerprint density at radius 2 is 2.09 bits per heavy atom. The van der Waals surface area contributed by atoms with Crippen LogP contribution in [0.4, 0.5) is 4.39 Å². The number of sulfonamides is 1. The number of fused-ring (bicyclic) bond motifs is 1. The van der Waals surface area contributed by atoms with Gasteiger partial charge in [-0.3, -0.25) is 0 Å². The van der Waals surface area contributed by atoms with Crippen molar-refractivity contribution in [1.29, 1.82) is 0 Å². The van der Waals surface area contributed by atoms with Gasteiger partial charge in [0.25, 0.3) is 0 Å². The fourth-order valence-electron chi connectivity index (χ4n) is 3.28. The molecule has 2 aliphatic rings. The topological polar surface area (TPSA) is 49.9 Å². The molecule has 0 N–H and O–H groups in total. The number of likely N-dealkylation sites (N-methyl/N-ethyl adjacent to an activating group) is 1. The maximum atomic E-state index is 13.5. The summed E-state index contributed by atoms with van der Waals surface area (Å²) in [7, 11) is -1.75. The van der Waals surface area contributed by atoms with Crippen LogP contribution in [0.5, 0.6) is 0 Å². The minimum Gasteiger partial charge on any atom is -0.375 e. The van der Waals surface area contributed by atoms with Crippen molar-refractivity contribution in [3.8, 4) is 0 Å². The first-order valence-electron chi connectivity index (χ1n) is 7.48. The number of hydrogen-bond acceptors (Lipinski definition) is 4. The molecule has 2 atom stereocenters. The van der Waals surface area contributed by atoms with Gasteiger partial charge >= 0.3 is 0 Å². The van der Waals surface area contributed by atoms with E-state index in [0.29, 0.717) is 25.3 Å². The third-order valence-corrected chi connectivity index (χ3v) is 6.54. The minimum atomic E-state index is -3.72. The Hall–Kier alpha value is -1.02. The second kappa shape index (κ2) is 5.88. The van der Waals surface area contributed by atoms with Gasteiger partial charge in [-0.15, -0.1) is 0 Å². The van der Waals surface area contributed by atoms with E-state index >= 15 is 0 Å². The smallest absolute Gasteiger partial charge is 0.243 e. The van der Waals surface area contributed by atoms with Gasteiger partial charge in [-0.05, 0) is 38.1 Å². The van der Waals surface area contributed by atoms with Gasteiger partial charge in [0, 0.05) is 19.6 Å². The summed E-state index contributed by atoms with van der Waals surface area (Å²) in [5.74, 6) is -0.533. The summed E-state index contributed by atoms with van der Waals surface area (Å²) in [6.45, 7) is 3.93. The van der Waals surface area contributed by atoms with Crippen LogP contribution >= 0.6 is 0 Å². The molecule has 0 radical (unpaired) electrons. The van der Waals surface area contributed by atoms with Crippen molar-refractivity contribution in [2.24, 2.45) is 0 Å². The van der Waals surface area contributed by atoms with Crippen LogP contribution in [0.3, 0.4) is 0 Å². The van der Waals surface area contributed by atoms with E-state index in [9.17, 15) is 12.8 Å². The highest BCUT2D eigenvalue weighted by molar-refractivity contribution is 7.89. The Balaban J connectivity index is 1.98. The molecule has 0 amide bonds. The number of nitrogens with zero attached hydrogens (tertiary/aromatic N) is 2. The van der Waals surface area contributed by atoms with Crippen molar-refractivity contribution in [1.82, 2.24) is 9.21 Å². The molecular formula is C15H21FN2O3S. The van der Waals surface area contributed by atoms with Crippen LogP contribution in [0.2, 0.25) is 0 Å². The lowest BCUT2D eigenvalue weighted by molar-refractivity contribution is -0.0719. The molecule has 0 aliphatic carbocycles. The largest absolute Gasteiger partial charge is 0.375 e. The molecule has 0 saturated carbocycles. The second-order valence-electron chi connectivity index (χ2n) is 6.05. The third kappa shape index (κ3) is 2.78. The first kappa shape index (κ1) is 15.9. The summed E-state index contributed by atoms with van der Waals surface area (Å²) in [4.78, 5) is 2.16. The Morgan fingerprint density at radius 1 is 1.32 bits per heavy atom. The molecule has 0 aromatic heterocycles. The van der Waals surface area contributed by atoms with Crippen LogP contribution in [-0.4, -0.2) is 63.1 Å². The van der Waals surface area contributed by atoms with Crippen molar-refractivity contribution in [2.45, 2.75) is 30.4 Å². The number of ether oxygens (including phenoxy) is 1. The summed E-state index contributed by atoms with van der Waals surface area (Å²) in [6.07, 6.45) is 0.739. The molecule has 3 rings (SSSR count). The van der Waals surface area contributed by atoms with Gasteiger partial charge < -0.3 is 9.64 Å². The summed E-state index contributed by atoms with van der Waals surface area (Å²) in [5, 5.41) is 0. The van der Waals surface area contributed by atoms with Crippen molar-refractivity contribution in [2.75, 3.05) is 33.3 Å². The predicted molar refractivity (Wildman–Crippen MR) is 80.7 cm³/mol. The first-order chi connectivity index (χ1) is 10.4. The second-order valence-corrected chi connectivity index (χ2v) is 7.91. The van der Waals surface area contributed by atoms with Crippen LogP contribution in [0.1, 0.15) is 12.0 Å². The van der Waals surface area contributed by atoms with Crippen molar-refractivity contribution in [3.63, 3.8) is 0 Å². The van der Waals surface area contributed by atoms with E-state index in [-0.39, 0.29) is 17.0 Å². The number of hydrogen-bond donors (Lipinski definition) is 0. The van der Waals surface area contributed by atoms with Gasteiger partial charge in [0.1, 0.15) is 5.82 Å². The molecule has 0 spiro atoms. The zero-order valence-corrected chi connectivity index (χ0v) is 13.6. The van der Waals surface area contributed by atoms with Crippen molar-refractivity contribution < 1.29 is 17.5 Å². The lowest BCUT2D eigenvalue weighted by Crippen LogP contribution is -2.60. The number of aryl methyl sites for hydroxylation is 1. The monoisotopic (exact) mass is 328 g/mol. The lowest BCUT2D eigenvalue weighted by Gasteiger charge is -2.45. The average molecular weight is 328 g/mol. The molecule has 0 unspecified atom stereocenters. The Bertz CT molecular complexity index is 665. The Labute approximate surface area is 130 Å². The van der Waals surface area contributed by atoms with E-state index in [1.165, 1.54) is 16.4 Å². The number of likely N-dealkylation sites (tertiary alicyclic amines) is 1. The molecule has 0 bridgehead atoms. The quantitative estimate of drug-likeness (QED) is 0.819. The average Bonchev–Trinajstić information content (AvgIpc) is 2.48. The van der Waals surface area contributed by atoms with Gasteiger partial charge in [0.15, 0.2) is 0 Å². The Kier molecular flexibility index (Phi) is 4.24. The molecule has 2 saturated heterocycles. The number of rotatable bonds is 2. The van der Waals surface area contributed by atoms with E-state index in [4.69, 9.17) is 4.74 Å². The fraction of sp³-hybridized carbons (Fsp3) is 0.600. The van der Waals surface area contributed by atoms with E-state index in [1.807, 2.05) is 7.05 Å². The number of morpholine rings is 1. The van der Waals surface area contributed by atoms with Crippen LogP contribution in [0.25, 0.3) is 0 Å². The molecular weight excluding hydrogens is 307 g/mol. The van der Waals surface area contributed by atoms with Crippen LogP contribution in [0, 0.1) is 12.7 Å². The molecule has 5 nitrogen and oxygen atoms in total. The lowest BCUT2D eigenvalue weighted by atomic mass is 10.0. The highest BCUT2D eigenvalue weighted by Gasteiger charge is 2.42. The van der Waals surface area contributed by atoms with Gasteiger partial charge in [0.2, 0.25) is 10.0 Å². The van der Waals surface area contributed by atoms with Gasteiger partial charge in [0.05, 0.1) is 23.6 Å². The van der Waals surface area contributed by atoms with Crippen LogP contribution < -0.4 is 0 Å². The number of halogens is 1. The minimum absolute atomic E-state index is 0.0568. The van der Waals surface area contributed by atoms with Gasteiger partial charge in [-0.1, -0.05) is 6.07 Å². The standard InChI is InChI=1S/C15H21FN2O3S/c1-11-3-4-12(16)9-15(11)22(19,20)18-7-8-21-14-5-6-17(2)10-13(14)18/h3-4,9,13-14H,5-8,10H2,1-2H3/t13-,14-/m1/s1. The van der Waals surface area contributed by atoms with Gasteiger partial charge in [-0.2, -0.15) is 4.31 Å². The molecule has 1 aromatic carbocycles. The number of piperidine rings is 1. The summed E-state index contributed by atoms with van der Waals surface area (Å²) in [6, 6.07) is 3.69. The summed E-state index contributed by atoms with van der Waals surface area (Å²) < 4.78 is 46.8. The van der Waals surface area contributed by atoms with E-state index in [0.717, 1.165) is 19.0 Å². The predicted octanol–water partition coefficient (Wildman–Crippen LogP) is 1.23. The van der Waals surface area contributed by atoms with Crippen molar-refractivity contribution in [3.05, 3.63) is 29.6 Å². The van der Waals surface area contributed by atoms with Crippen molar-refractivity contribution >= 4 is 10.0 Å².